The van der Waals surface area contributed by atoms with Crippen molar-refractivity contribution in [3.8, 4) is 5.75 Å². The molecule has 0 atom stereocenters. The van der Waals surface area contributed by atoms with Crippen molar-refractivity contribution in [1.29, 1.82) is 0 Å². The Bertz CT molecular complexity index is 951. The molecule has 0 radical (unpaired) electrons. The summed E-state index contributed by atoms with van der Waals surface area (Å²) in [5.41, 5.74) is 4.38. The van der Waals surface area contributed by atoms with Gasteiger partial charge in [0, 0.05) is 34.2 Å². The first-order valence-electron chi connectivity index (χ1n) is 9.09. The number of amides is 1. The van der Waals surface area contributed by atoms with Gasteiger partial charge in [-0.1, -0.05) is 29.8 Å². The van der Waals surface area contributed by atoms with Gasteiger partial charge in [0.1, 0.15) is 5.75 Å². The molecule has 0 saturated carbocycles. The van der Waals surface area contributed by atoms with Gasteiger partial charge in [-0.15, -0.1) is 0 Å². The van der Waals surface area contributed by atoms with Crippen molar-refractivity contribution < 1.29 is 14.3 Å². The molecule has 2 aromatic carbocycles. The molecule has 7 heteroatoms. The zero-order valence-electron chi connectivity index (χ0n) is 15.6. The second-order valence-electron chi connectivity index (χ2n) is 6.04. The fourth-order valence-corrected chi connectivity index (χ4v) is 2.96. The minimum Gasteiger partial charge on any atom is -0.494 e. The van der Waals surface area contributed by atoms with Gasteiger partial charge in [-0.3, -0.25) is 0 Å². The molecule has 0 aliphatic carbocycles. The summed E-state index contributed by atoms with van der Waals surface area (Å²) < 4.78 is 12.7. The molecule has 0 fully saturated rings. The Hall–Kier alpha value is -2.99. The average Bonchev–Trinajstić information content (AvgIpc) is 3.05. The number of nitrogens with one attached hydrogen (secondary N) is 1. The van der Waals surface area contributed by atoms with E-state index in [9.17, 15) is 4.79 Å². The van der Waals surface area contributed by atoms with Crippen LogP contribution in [0.15, 0.2) is 59.8 Å². The Morgan fingerprint density at radius 3 is 2.79 bits per heavy atom. The average molecular weight is 400 g/mol. The number of rotatable bonds is 8. The molecule has 0 unspecified atom stereocenters. The molecule has 6 nitrogen and oxygen atoms in total. The lowest BCUT2D eigenvalue weighted by Crippen LogP contribution is -2.18. The van der Waals surface area contributed by atoms with Crippen LogP contribution in [0.4, 0.5) is 4.79 Å². The predicted octanol–water partition coefficient (Wildman–Crippen LogP) is 4.84. The lowest BCUT2D eigenvalue weighted by atomic mass is 10.2. The van der Waals surface area contributed by atoms with E-state index in [0.29, 0.717) is 18.2 Å². The normalized spacial score (nSPS) is 11.1. The van der Waals surface area contributed by atoms with Crippen LogP contribution in [-0.4, -0.2) is 30.1 Å². The summed E-state index contributed by atoms with van der Waals surface area (Å²) in [6, 6.07) is 15.4. The molecule has 28 heavy (non-hydrogen) atoms. The van der Waals surface area contributed by atoms with E-state index in [4.69, 9.17) is 21.1 Å². The van der Waals surface area contributed by atoms with Crippen LogP contribution >= 0.6 is 11.6 Å². The zero-order chi connectivity index (χ0) is 19.8. The van der Waals surface area contributed by atoms with Crippen LogP contribution in [0.25, 0.3) is 10.9 Å². The lowest BCUT2D eigenvalue weighted by Gasteiger charge is -2.08. The number of hydrogen-bond acceptors (Lipinski definition) is 4. The van der Waals surface area contributed by atoms with Crippen LogP contribution in [0.5, 0.6) is 5.75 Å². The number of hydrazone groups is 1. The highest BCUT2D eigenvalue weighted by molar-refractivity contribution is 6.30. The molecule has 0 saturated heterocycles. The van der Waals surface area contributed by atoms with Gasteiger partial charge in [-0.2, -0.15) is 5.10 Å². The van der Waals surface area contributed by atoms with Gasteiger partial charge >= 0.3 is 6.09 Å². The fraction of sp³-hybridized carbons (Fsp3) is 0.238. The second kappa shape index (κ2) is 9.80. The van der Waals surface area contributed by atoms with E-state index >= 15 is 0 Å². The molecule has 146 valence electrons. The summed E-state index contributed by atoms with van der Waals surface area (Å²) >= 11 is 5.88. The lowest BCUT2D eigenvalue weighted by molar-refractivity contribution is 0.152. The van der Waals surface area contributed by atoms with E-state index in [1.165, 1.54) is 0 Å². The number of nitrogens with zero attached hydrogens (tertiary/aromatic N) is 2. The van der Waals surface area contributed by atoms with Gasteiger partial charge in [0.15, 0.2) is 0 Å². The number of hydrogen-bond donors (Lipinski definition) is 1. The Morgan fingerprint density at radius 2 is 2.00 bits per heavy atom. The first-order valence-corrected chi connectivity index (χ1v) is 9.47. The van der Waals surface area contributed by atoms with Crippen molar-refractivity contribution in [2.75, 3.05) is 13.2 Å². The smallest absolute Gasteiger partial charge is 0.427 e. The largest absolute Gasteiger partial charge is 0.494 e. The zero-order valence-corrected chi connectivity index (χ0v) is 16.4. The van der Waals surface area contributed by atoms with E-state index < -0.39 is 6.09 Å². The summed E-state index contributed by atoms with van der Waals surface area (Å²) in [6.07, 6.45) is 3.92. The third kappa shape index (κ3) is 5.27. The van der Waals surface area contributed by atoms with Crippen molar-refractivity contribution in [2.45, 2.75) is 19.9 Å². The highest BCUT2D eigenvalue weighted by Crippen LogP contribution is 2.21. The summed E-state index contributed by atoms with van der Waals surface area (Å²) in [7, 11) is 0. The monoisotopic (exact) mass is 399 g/mol. The maximum Gasteiger partial charge on any atom is 0.427 e. The molecule has 0 bridgehead atoms. The van der Waals surface area contributed by atoms with Gasteiger partial charge in [-0.25, -0.2) is 10.2 Å². The first kappa shape index (κ1) is 19.8. The minimum absolute atomic E-state index is 0.304. The third-order valence-electron chi connectivity index (χ3n) is 4.08. The van der Waals surface area contributed by atoms with Crippen LogP contribution in [0.3, 0.4) is 0 Å². The Morgan fingerprint density at radius 1 is 1.21 bits per heavy atom. The van der Waals surface area contributed by atoms with Crippen LogP contribution in [-0.2, 0) is 11.3 Å². The van der Waals surface area contributed by atoms with Gasteiger partial charge < -0.3 is 14.0 Å². The number of para-hydroxylation sites is 1. The minimum atomic E-state index is -0.568. The number of benzene rings is 2. The van der Waals surface area contributed by atoms with Gasteiger partial charge in [0.05, 0.1) is 19.4 Å². The molecule has 3 aromatic rings. The maximum atomic E-state index is 11.3. The van der Waals surface area contributed by atoms with Crippen LogP contribution in [0, 0.1) is 0 Å². The Kier molecular flexibility index (Phi) is 6.92. The number of ether oxygens (including phenoxy) is 2. The van der Waals surface area contributed by atoms with Crippen molar-refractivity contribution in [3.05, 3.63) is 65.3 Å². The van der Waals surface area contributed by atoms with Crippen molar-refractivity contribution in [1.82, 2.24) is 9.99 Å². The second-order valence-corrected chi connectivity index (χ2v) is 6.48. The molecule has 3 rings (SSSR count). The highest BCUT2D eigenvalue weighted by Gasteiger charge is 2.07. The summed E-state index contributed by atoms with van der Waals surface area (Å²) in [4.78, 5) is 11.3. The topological polar surface area (TPSA) is 64.8 Å². The SMILES string of the molecule is CCOC(=O)NN=Cc1cn(CCCOc2ccc(Cl)cc2)c2ccccc12. The maximum absolute atomic E-state index is 11.3. The Balaban J connectivity index is 1.62. The van der Waals surface area contributed by atoms with Crippen LogP contribution in [0.2, 0.25) is 5.02 Å². The predicted molar refractivity (Wildman–Crippen MR) is 111 cm³/mol. The number of carbonyl (C=O) groups excluding carboxylic acids is 1. The molecular weight excluding hydrogens is 378 g/mol. The summed E-state index contributed by atoms with van der Waals surface area (Å²) in [5.74, 6) is 0.805. The molecule has 1 heterocycles. The van der Waals surface area contributed by atoms with Crippen molar-refractivity contribution in [2.24, 2.45) is 5.10 Å². The van der Waals surface area contributed by atoms with Crippen molar-refractivity contribution >= 4 is 34.8 Å². The number of carbonyl (C=O) groups is 1. The van der Waals surface area contributed by atoms with E-state index in [0.717, 1.165) is 35.2 Å². The molecule has 1 aromatic heterocycles. The molecular formula is C21H22ClN3O3. The number of halogens is 1. The highest BCUT2D eigenvalue weighted by atomic mass is 35.5. The van der Waals surface area contributed by atoms with Crippen molar-refractivity contribution in [3.63, 3.8) is 0 Å². The fourth-order valence-electron chi connectivity index (χ4n) is 2.84. The van der Waals surface area contributed by atoms with Gasteiger partial charge in [-0.05, 0) is 43.7 Å². The summed E-state index contributed by atoms with van der Waals surface area (Å²) in [5, 5.41) is 5.73. The Labute approximate surface area is 168 Å². The van der Waals surface area contributed by atoms with E-state index in [1.807, 2.05) is 48.7 Å². The van der Waals surface area contributed by atoms with Gasteiger partial charge in [0.25, 0.3) is 0 Å². The number of aryl methyl sites for hydroxylation is 1. The first-order chi connectivity index (χ1) is 13.7. The van der Waals surface area contributed by atoms with Gasteiger partial charge in [0.2, 0.25) is 0 Å². The molecule has 0 spiro atoms. The molecule has 0 aliphatic rings. The molecule has 1 N–H and O–H groups in total. The number of aromatic nitrogens is 1. The van der Waals surface area contributed by atoms with Crippen LogP contribution < -0.4 is 10.2 Å². The van der Waals surface area contributed by atoms with E-state index in [2.05, 4.69) is 21.2 Å². The number of fused-ring (bicyclic) bond motifs is 1. The van der Waals surface area contributed by atoms with E-state index in [-0.39, 0.29) is 0 Å². The third-order valence-corrected chi connectivity index (χ3v) is 4.33. The standard InChI is InChI=1S/C21H22ClN3O3/c1-2-27-21(26)24-23-14-16-15-25(20-7-4-3-6-19(16)20)12-5-13-28-18-10-8-17(22)9-11-18/h3-4,6-11,14-15H,2,5,12-13H2,1H3,(H,24,26). The van der Waals surface area contributed by atoms with E-state index in [1.54, 1.807) is 13.1 Å². The molecule has 1 amide bonds. The quantitative estimate of drug-likeness (QED) is 0.334. The summed E-state index contributed by atoms with van der Waals surface area (Å²) in [6.45, 7) is 3.45. The molecule has 0 aliphatic heterocycles. The van der Waals surface area contributed by atoms with Crippen LogP contribution in [0.1, 0.15) is 18.9 Å².